The lowest BCUT2D eigenvalue weighted by Crippen LogP contribution is -2.40. The summed E-state index contributed by atoms with van der Waals surface area (Å²) in [5.74, 6) is 0.376. The number of rotatable bonds is 14. The SMILES string of the molecule is C[C@H]([C@@H](C)CCC[C@@](C)(O)CNCCO)S(=O)(=O)NC(=O)c1ccc2c(c1)N(CC1CCC1)CCCCc1cc(Cl)ccc1CO2. The molecule has 2 aliphatic rings. The number of aryl methyl sites for hydroxylation is 1. The van der Waals surface area contributed by atoms with Crippen LogP contribution in [0.3, 0.4) is 0 Å². The number of halogens is 1. The maximum absolute atomic E-state index is 13.4. The highest BCUT2D eigenvalue weighted by atomic mass is 35.5. The maximum Gasteiger partial charge on any atom is 0.264 e. The molecule has 4 rings (SSSR count). The van der Waals surface area contributed by atoms with Crippen molar-refractivity contribution in [3.8, 4) is 5.75 Å². The van der Waals surface area contributed by atoms with Crippen LogP contribution in [0.15, 0.2) is 36.4 Å². The molecule has 0 bridgehead atoms. The standard InChI is InChI=1S/C35H52ClN3O6S/c1-25(8-7-16-35(3,42)24-37-17-19-40)26(2)46(43,44)38-34(41)29-13-15-33-32(21-29)39(22-27-9-6-10-27)18-5-4-11-28-20-31(36)14-12-30(28)23-45-33/h12-15,20-21,25-27,37,40,42H,4-11,16-19,22-24H2,1-3H3,(H,38,41)/t25-,26+,35+/m0/s1. The van der Waals surface area contributed by atoms with Crippen molar-refractivity contribution in [2.45, 2.75) is 96.0 Å². The molecule has 0 aromatic heterocycles. The summed E-state index contributed by atoms with van der Waals surface area (Å²) >= 11 is 6.30. The topological polar surface area (TPSA) is 128 Å². The summed E-state index contributed by atoms with van der Waals surface area (Å²) in [4.78, 5) is 15.8. The number of hydrogen-bond acceptors (Lipinski definition) is 8. The van der Waals surface area contributed by atoms with E-state index in [9.17, 15) is 18.3 Å². The molecule has 46 heavy (non-hydrogen) atoms. The van der Waals surface area contributed by atoms with Gasteiger partial charge in [-0.05, 0) is 112 Å². The highest BCUT2D eigenvalue weighted by Gasteiger charge is 2.30. The minimum Gasteiger partial charge on any atom is -0.487 e. The number of sulfonamides is 1. The molecule has 1 aliphatic carbocycles. The van der Waals surface area contributed by atoms with Crippen LogP contribution in [0.25, 0.3) is 0 Å². The zero-order valence-corrected chi connectivity index (χ0v) is 29.1. The van der Waals surface area contributed by atoms with Gasteiger partial charge in [-0.15, -0.1) is 0 Å². The second-order valence-corrected chi connectivity index (χ2v) is 16.0. The molecule has 1 saturated carbocycles. The Morgan fingerprint density at radius 3 is 2.63 bits per heavy atom. The Balaban J connectivity index is 1.46. The van der Waals surface area contributed by atoms with Crippen molar-refractivity contribution in [2.75, 3.05) is 37.7 Å². The van der Waals surface area contributed by atoms with E-state index in [0.29, 0.717) is 55.6 Å². The lowest BCUT2D eigenvalue weighted by Gasteiger charge is -2.34. The Bertz CT molecular complexity index is 1420. The largest absolute Gasteiger partial charge is 0.487 e. The Hall–Kier alpha value is -2.37. The first-order valence-corrected chi connectivity index (χ1v) is 18.7. The number of anilines is 1. The van der Waals surface area contributed by atoms with Gasteiger partial charge >= 0.3 is 0 Å². The molecule has 2 aromatic rings. The molecular weight excluding hydrogens is 626 g/mol. The van der Waals surface area contributed by atoms with E-state index >= 15 is 0 Å². The molecule has 2 aromatic carbocycles. The Kier molecular flexibility index (Phi) is 13.2. The minimum atomic E-state index is -3.96. The summed E-state index contributed by atoms with van der Waals surface area (Å²) in [6, 6.07) is 11.1. The second-order valence-electron chi connectivity index (χ2n) is 13.5. The van der Waals surface area contributed by atoms with E-state index in [1.165, 1.54) is 24.8 Å². The first-order valence-electron chi connectivity index (χ1n) is 16.8. The van der Waals surface area contributed by atoms with E-state index in [-0.39, 0.29) is 18.1 Å². The van der Waals surface area contributed by atoms with Crippen molar-refractivity contribution < 1.29 is 28.2 Å². The Morgan fingerprint density at radius 2 is 1.91 bits per heavy atom. The van der Waals surface area contributed by atoms with E-state index in [2.05, 4.69) is 14.9 Å². The van der Waals surface area contributed by atoms with Gasteiger partial charge in [0, 0.05) is 36.8 Å². The normalized spacial score (nSPS) is 18.5. The number of amides is 1. The summed E-state index contributed by atoms with van der Waals surface area (Å²) in [7, 11) is -3.96. The molecule has 1 fully saturated rings. The molecule has 0 saturated heterocycles. The molecule has 0 spiro atoms. The van der Waals surface area contributed by atoms with Crippen LogP contribution in [0.4, 0.5) is 5.69 Å². The first-order chi connectivity index (χ1) is 21.9. The van der Waals surface area contributed by atoms with E-state index in [1.807, 2.05) is 25.1 Å². The molecule has 1 heterocycles. The highest BCUT2D eigenvalue weighted by molar-refractivity contribution is 7.90. The number of benzene rings is 2. The van der Waals surface area contributed by atoms with Crippen LogP contribution in [-0.4, -0.2) is 68.2 Å². The van der Waals surface area contributed by atoms with Gasteiger partial charge in [0.15, 0.2) is 0 Å². The van der Waals surface area contributed by atoms with E-state index in [4.69, 9.17) is 21.4 Å². The predicted molar refractivity (Wildman–Crippen MR) is 184 cm³/mol. The molecular formula is C35H52ClN3O6S. The summed E-state index contributed by atoms with van der Waals surface area (Å²) < 4.78 is 35.4. The molecule has 0 radical (unpaired) electrons. The summed E-state index contributed by atoms with van der Waals surface area (Å²) in [6.45, 7) is 8.01. The number of aliphatic hydroxyl groups is 2. The van der Waals surface area contributed by atoms with Gasteiger partial charge in [-0.25, -0.2) is 13.1 Å². The van der Waals surface area contributed by atoms with Crippen molar-refractivity contribution in [3.63, 3.8) is 0 Å². The van der Waals surface area contributed by atoms with Crippen molar-refractivity contribution in [1.82, 2.24) is 10.0 Å². The van der Waals surface area contributed by atoms with Gasteiger partial charge in [-0.3, -0.25) is 4.79 Å². The molecule has 9 nitrogen and oxygen atoms in total. The average molecular weight is 678 g/mol. The van der Waals surface area contributed by atoms with E-state index < -0.39 is 26.8 Å². The van der Waals surface area contributed by atoms with Crippen LogP contribution in [0, 0.1) is 11.8 Å². The van der Waals surface area contributed by atoms with Crippen LogP contribution in [0.2, 0.25) is 5.02 Å². The summed E-state index contributed by atoms with van der Waals surface area (Å²) in [6.07, 6.45) is 8.17. The van der Waals surface area contributed by atoms with Crippen LogP contribution < -0.4 is 19.7 Å². The van der Waals surface area contributed by atoms with Gasteiger partial charge < -0.3 is 25.2 Å². The van der Waals surface area contributed by atoms with Crippen molar-refractivity contribution in [2.24, 2.45) is 11.8 Å². The molecule has 1 amide bonds. The van der Waals surface area contributed by atoms with Crippen molar-refractivity contribution >= 4 is 33.2 Å². The minimum absolute atomic E-state index is 0.00273. The molecule has 3 atom stereocenters. The molecule has 256 valence electrons. The highest BCUT2D eigenvalue weighted by Crippen LogP contribution is 2.36. The molecule has 4 N–H and O–H groups in total. The lowest BCUT2D eigenvalue weighted by atomic mass is 9.85. The van der Waals surface area contributed by atoms with E-state index in [1.54, 1.807) is 32.0 Å². The van der Waals surface area contributed by atoms with Crippen LogP contribution >= 0.6 is 11.6 Å². The van der Waals surface area contributed by atoms with Gasteiger partial charge in [-0.2, -0.15) is 0 Å². The molecule has 1 aliphatic heterocycles. The third-order valence-electron chi connectivity index (χ3n) is 9.64. The monoisotopic (exact) mass is 677 g/mol. The van der Waals surface area contributed by atoms with E-state index in [0.717, 1.165) is 43.6 Å². The third kappa shape index (κ3) is 10.3. The zero-order valence-electron chi connectivity index (χ0n) is 27.6. The maximum atomic E-state index is 13.4. The van der Waals surface area contributed by atoms with Crippen LogP contribution in [0.1, 0.15) is 93.6 Å². The number of nitrogens with zero attached hydrogens (tertiary/aromatic N) is 1. The number of nitrogens with one attached hydrogen (secondary N) is 2. The Labute approximate surface area is 280 Å². The average Bonchev–Trinajstić information content (AvgIpc) is 3.01. The number of hydrogen-bond donors (Lipinski definition) is 4. The predicted octanol–water partition coefficient (Wildman–Crippen LogP) is 5.45. The third-order valence-corrected chi connectivity index (χ3v) is 11.8. The number of carbonyl (C=O) groups excluding carboxylic acids is 1. The van der Waals surface area contributed by atoms with Gasteiger partial charge in [0.1, 0.15) is 12.4 Å². The van der Waals surface area contributed by atoms with Crippen molar-refractivity contribution in [1.29, 1.82) is 0 Å². The molecule has 0 unspecified atom stereocenters. The summed E-state index contributed by atoms with van der Waals surface area (Å²) in [5, 5.41) is 22.4. The second kappa shape index (κ2) is 16.6. The number of carbonyl (C=O) groups is 1. The number of fused-ring (bicyclic) bond motifs is 2. The quantitative estimate of drug-likeness (QED) is 0.195. The number of ether oxygens (including phenoxy) is 1. The fraction of sp³-hybridized carbons (Fsp3) is 0.629. The van der Waals surface area contributed by atoms with Gasteiger partial charge in [-0.1, -0.05) is 37.4 Å². The van der Waals surface area contributed by atoms with Crippen LogP contribution in [-0.2, 0) is 23.1 Å². The van der Waals surface area contributed by atoms with Gasteiger partial charge in [0.25, 0.3) is 5.91 Å². The van der Waals surface area contributed by atoms with Crippen LogP contribution in [0.5, 0.6) is 5.75 Å². The molecule has 11 heteroatoms. The first kappa shape index (κ1) is 36.5. The fourth-order valence-corrected chi connectivity index (χ4v) is 7.72. The Morgan fingerprint density at radius 1 is 1.13 bits per heavy atom. The van der Waals surface area contributed by atoms with Crippen molar-refractivity contribution in [3.05, 3.63) is 58.1 Å². The smallest absolute Gasteiger partial charge is 0.264 e. The fourth-order valence-electron chi connectivity index (χ4n) is 6.22. The van der Waals surface area contributed by atoms with Gasteiger partial charge in [0.05, 0.1) is 23.1 Å². The lowest BCUT2D eigenvalue weighted by molar-refractivity contribution is 0.0463. The summed E-state index contributed by atoms with van der Waals surface area (Å²) in [5.41, 5.74) is 2.40. The number of aliphatic hydroxyl groups excluding tert-OH is 1. The zero-order chi connectivity index (χ0) is 33.3. The van der Waals surface area contributed by atoms with Gasteiger partial charge in [0.2, 0.25) is 10.0 Å².